The molecule has 2 amide bonds. The summed E-state index contributed by atoms with van der Waals surface area (Å²) in [6, 6.07) is 0. The van der Waals surface area contributed by atoms with Gasteiger partial charge in [-0.2, -0.15) is 0 Å². The Morgan fingerprint density at radius 2 is 0.448 bits per heavy atom. The third kappa shape index (κ3) is 40.3. The highest BCUT2D eigenvalue weighted by atomic mass is 16.2. The van der Waals surface area contributed by atoms with Crippen molar-refractivity contribution in [3.63, 3.8) is 0 Å². The number of hydrogen-bond acceptors (Lipinski definition) is 3. The highest BCUT2D eigenvalue weighted by molar-refractivity contribution is 5.76. The molecule has 0 saturated heterocycles. The van der Waals surface area contributed by atoms with E-state index in [9.17, 15) is 9.59 Å². The lowest BCUT2D eigenvalue weighted by Gasteiger charge is -2.23. The first kappa shape index (κ1) is 56.9. The zero-order valence-corrected chi connectivity index (χ0v) is 40.7. The number of carbonyl (C=O) groups excluding carboxylic acids is 2. The maximum Gasteiger partial charge on any atom is 0.222 e. The van der Waals surface area contributed by atoms with Gasteiger partial charge < -0.3 is 14.7 Å². The van der Waals surface area contributed by atoms with Crippen LogP contribution in [0, 0.1) is 0 Å². The van der Waals surface area contributed by atoms with Crippen molar-refractivity contribution in [3.05, 3.63) is 0 Å². The first-order valence-electron chi connectivity index (χ1n) is 26.7. The molecule has 5 nitrogen and oxygen atoms in total. The minimum absolute atomic E-state index is 0.419. The number of rotatable bonds is 48. The fraction of sp³-hybridized carbons (Fsp3) is 0.962. The summed E-state index contributed by atoms with van der Waals surface area (Å²) in [5, 5.41) is 0. The summed E-state index contributed by atoms with van der Waals surface area (Å²) in [5.41, 5.74) is 0. The molecule has 0 heterocycles. The Morgan fingerprint density at radius 1 is 0.259 bits per heavy atom. The lowest BCUT2D eigenvalue weighted by Crippen LogP contribution is -2.32. The molecule has 0 aliphatic rings. The van der Waals surface area contributed by atoms with Crippen molar-refractivity contribution in [2.75, 3.05) is 46.3 Å². The molecule has 0 saturated carbocycles. The van der Waals surface area contributed by atoms with Crippen LogP contribution >= 0.6 is 0 Å². The van der Waals surface area contributed by atoms with E-state index in [1.165, 1.54) is 244 Å². The second-order valence-corrected chi connectivity index (χ2v) is 18.6. The average Bonchev–Trinajstić information content (AvgIpc) is 3.22. The fourth-order valence-electron chi connectivity index (χ4n) is 8.57. The van der Waals surface area contributed by atoms with Crippen LogP contribution in [0.3, 0.4) is 0 Å². The number of nitrogens with zero attached hydrogens (tertiary/aromatic N) is 3. The monoisotopic (exact) mass is 818 g/mol. The molecule has 0 N–H and O–H groups in total. The first-order valence-corrected chi connectivity index (χ1v) is 26.7. The SMILES string of the molecule is CCCCCCCCCN(CCCCCCCCC)C(=O)CCCCCCCN(C)CCCCCCCC(=O)N(CCCCCCCCC)CCCCCCCCC. The lowest BCUT2D eigenvalue weighted by atomic mass is 10.1. The van der Waals surface area contributed by atoms with Crippen molar-refractivity contribution in [3.8, 4) is 0 Å². The van der Waals surface area contributed by atoms with Crippen LogP contribution in [0.2, 0.25) is 0 Å². The molecule has 0 bridgehead atoms. The van der Waals surface area contributed by atoms with Crippen molar-refractivity contribution in [1.82, 2.24) is 14.7 Å². The molecular weight excluding hydrogens is 711 g/mol. The van der Waals surface area contributed by atoms with Crippen LogP contribution in [-0.2, 0) is 9.59 Å². The number of amides is 2. The predicted molar refractivity (Wildman–Crippen MR) is 258 cm³/mol. The minimum Gasteiger partial charge on any atom is -0.343 e. The van der Waals surface area contributed by atoms with Gasteiger partial charge in [0, 0.05) is 39.0 Å². The average molecular weight is 818 g/mol. The van der Waals surface area contributed by atoms with Crippen molar-refractivity contribution < 1.29 is 9.59 Å². The highest BCUT2D eigenvalue weighted by Crippen LogP contribution is 2.16. The maximum atomic E-state index is 13.2. The smallest absolute Gasteiger partial charge is 0.222 e. The first-order chi connectivity index (χ1) is 28.5. The van der Waals surface area contributed by atoms with E-state index in [1.54, 1.807) is 0 Å². The Kier molecular flexibility index (Phi) is 46.1. The van der Waals surface area contributed by atoms with Gasteiger partial charge in [0.05, 0.1) is 0 Å². The van der Waals surface area contributed by atoms with Gasteiger partial charge in [0.25, 0.3) is 0 Å². The van der Waals surface area contributed by atoms with Crippen LogP contribution in [0.25, 0.3) is 0 Å². The molecule has 0 rings (SSSR count). The van der Waals surface area contributed by atoms with E-state index < -0.39 is 0 Å². The van der Waals surface area contributed by atoms with E-state index in [0.717, 1.165) is 51.9 Å². The van der Waals surface area contributed by atoms with Gasteiger partial charge in [-0.05, 0) is 71.5 Å². The van der Waals surface area contributed by atoms with E-state index in [0.29, 0.717) is 11.8 Å². The van der Waals surface area contributed by atoms with E-state index in [-0.39, 0.29) is 0 Å². The molecular formula is C53H107N3O2. The van der Waals surface area contributed by atoms with Crippen molar-refractivity contribution >= 4 is 11.8 Å². The van der Waals surface area contributed by atoms with Crippen molar-refractivity contribution in [2.24, 2.45) is 0 Å². The van der Waals surface area contributed by atoms with Crippen LogP contribution in [-0.4, -0.2) is 72.8 Å². The molecule has 0 radical (unpaired) electrons. The van der Waals surface area contributed by atoms with Crippen LogP contribution in [0.1, 0.15) is 285 Å². The summed E-state index contributed by atoms with van der Waals surface area (Å²) in [6.07, 6.45) is 50.4. The van der Waals surface area contributed by atoms with Crippen LogP contribution in [0.5, 0.6) is 0 Å². The summed E-state index contributed by atoms with van der Waals surface area (Å²) in [4.78, 5) is 33.4. The normalized spacial score (nSPS) is 11.6. The molecule has 0 atom stereocenters. The molecule has 346 valence electrons. The molecule has 0 fully saturated rings. The van der Waals surface area contributed by atoms with Gasteiger partial charge in [-0.1, -0.05) is 220 Å². The summed E-state index contributed by atoms with van der Waals surface area (Å²) in [5.74, 6) is 0.839. The third-order valence-corrected chi connectivity index (χ3v) is 12.7. The Labute approximate surface area is 365 Å². The van der Waals surface area contributed by atoms with Crippen molar-refractivity contribution in [1.29, 1.82) is 0 Å². The summed E-state index contributed by atoms with van der Waals surface area (Å²) >= 11 is 0. The van der Waals surface area contributed by atoms with E-state index in [2.05, 4.69) is 49.4 Å². The lowest BCUT2D eigenvalue weighted by molar-refractivity contribution is -0.132. The largest absolute Gasteiger partial charge is 0.343 e. The number of carbonyl (C=O) groups is 2. The zero-order valence-electron chi connectivity index (χ0n) is 40.7. The summed E-state index contributed by atoms with van der Waals surface area (Å²) in [6.45, 7) is 15.4. The quantitative estimate of drug-likeness (QED) is 0.0575. The minimum atomic E-state index is 0.419. The maximum absolute atomic E-state index is 13.2. The van der Waals surface area contributed by atoms with Gasteiger partial charge in [-0.3, -0.25) is 9.59 Å². The second kappa shape index (κ2) is 47.0. The number of hydrogen-bond donors (Lipinski definition) is 0. The van der Waals surface area contributed by atoms with E-state index in [1.807, 2.05) is 0 Å². The topological polar surface area (TPSA) is 43.9 Å². The fourth-order valence-corrected chi connectivity index (χ4v) is 8.57. The predicted octanol–water partition coefficient (Wildman–Crippen LogP) is 16.3. The Morgan fingerprint density at radius 3 is 0.690 bits per heavy atom. The Bertz CT molecular complexity index is 732. The van der Waals surface area contributed by atoms with Crippen LogP contribution in [0.15, 0.2) is 0 Å². The van der Waals surface area contributed by atoms with Crippen molar-refractivity contribution in [2.45, 2.75) is 285 Å². The van der Waals surface area contributed by atoms with Gasteiger partial charge >= 0.3 is 0 Å². The van der Waals surface area contributed by atoms with Crippen LogP contribution in [0.4, 0.5) is 0 Å². The zero-order chi connectivity index (χ0) is 42.4. The Balaban J connectivity index is 4.16. The third-order valence-electron chi connectivity index (χ3n) is 12.7. The van der Waals surface area contributed by atoms with Crippen LogP contribution < -0.4 is 0 Å². The molecule has 0 aliphatic carbocycles. The van der Waals surface area contributed by atoms with Gasteiger partial charge in [0.15, 0.2) is 0 Å². The molecule has 0 aliphatic heterocycles. The van der Waals surface area contributed by atoms with E-state index in [4.69, 9.17) is 0 Å². The molecule has 0 aromatic heterocycles. The standard InChI is InChI=1S/C53H107N3O2/c1-6-10-14-18-22-32-40-48-55(49-41-33-23-19-15-11-7-2)52(57)44-36-28-26-30-38-46-54(5)47-39-31-27-29-37-45-53(58)56(50-42-34-24-20-16-12-8-3)51-43-35-25-21-17-13-9-4/h6-51H2,1-5H3. The van der Waals surface area contributed by atoms with E-state index >= 15 is 0 Å². The summed E-state index contributed by atoms with van der Waals surface area (Å²) < 4.78 is 0. The molecule has 5 heteroatoms. The highest BCUT2D eigenvalue weighted by Gasteiger charge is 2.14. The van der Waals surface area contributed by atoms with Gasteiger partial charge in [-0.25, -0.2) is 0 Å². The molecule has 0 unspecified atom stereocenters. The van der Waals surface area contributed by atoms with Gasteiger partial charge in [0.2, 0.25) is 11.8 Å². The summed E-state index contributed by atoms with van der Waals surface area (Å²) in [7, 11) is 2.29. The Hall–Kier alpha value is -1.10. The molecule has 0 aromatic rings. The number of unbranched alkanes of at least 4 members (excludes halogenated alkanes) is 32. The van der Waals surface area contributed by atoms with Gasteiger partial charge in [0.1, 0.15) is 0 Å². The second-order valence-electron chi connectivity index (χ2n) is 18.6. The van der Waals surface area contributed by atoms with Gasteiger partial charge in [-0.15, -0.1) is 0 Å². The molecule has 0 spiro atoms. The molecule has 0 aromatic carbocycles. The molecule has 58 heavy (non-hydrogen) atoms.